The van der Waals surface area contributed by atoms with Crippen molar-refractivity contribution in [1.29, 1.82) is 0 Å². The Morgan fingerprint density at radius 2 is 1.50 bits per heavy atom. The SMILES string of the molecule is CC.COC1(C(C)C)CCCC1. The van der Waals surface area contributed by atoms with Gasteiger partial charge in [0.25, 0.3) is 0 Å². The fourth-order valence-corrected chi connectivity index (χ4v) is 1.99. The molecular formula is C11H24O. The van der Waals surface area contributed by atoms with Gasteiger partial charge in [-0.25, -0.2) is 0 Å². The zero-order valence-electron chi connectivity index (χ0n) is 9.31. The molecule has 0 aromatic heterocycles. The highest BCUT2D eigenvalue weighted by Crippen LogP contribution is 2.38. The fourth-order valence-electron chi connectivity index (χ4n) is 1.99. The Morgan fingerprint density at radius 3 is 1.67 bits per heavy atom. The zero-order chi connectivity index (χ0) is 9.61. The predicted octanol–water partition coefficient (Wildman–Crippen LogP) is 3.63. The van der Waals surface area contributed by atoms with Gasteiger partial charge in [-0.15, -0.1) is 0 Å². The summed E-state index contributed by atoms with van der Waals surface area (Å²) in [6, 6.07) is 0. The van der Waals surface area contributed by atoms with E-state index in [0.29, 0.717) is 5.92 Å². The Kier molecular flexibility index (Phi) is 5.56. The molecule has 74 valence electrons. The zero-order valence-corrected chi connectivity index (χ0v) is 9.31. The van der Waals surface area contributed by atoms with Gasteiger partial charge in [-0.1, -0.05) is 40.5 Å². The second-order valence-electron chi connectivity index (χ2n) is 3.63. The molecule has 1 heteroatoms. The van der Waals surface area contributed by atoms with Crippen molar-refractivity contribution < 1.29 is 4.74 Å². The summed E-state index contributed by atoms with van der Waals surface area (Å²) in [5, 5.41) is 0. The lowest BCUT2D eigenvalue weighted by molar-refractivity contribution is -0.0417. The molecule has 1 saturated carbocycles. The maximum absolute atomic E-state index is 5.56. The van der Waals surface area contributed by atoms with Gasteiger partial charge in [-0.3, -0.25) is 0 Å². The van der Waals surface area contributed by atoms with E-state index in [9.17, 15) is 0 Å². The lowest BCUT2D eigenvalue weighted by atomic mass is 9.89. The molecule has 1 aliphatic carbocycles. The van der Waals surface area contributed by atoms with E-state index in [-0.39, 0.29) is 5.60 Å². The number of ether oxygens (including phenoxy) is 1. The van der Waals surface area contributed by atoms with Crippen LogP contribution >= 0.6 is 0 Å². The third-order valence-electron chi connectivity index (χ3n) is 2.91. The summed E-state index contributed by atoms with van der Waals surface area (Å²) in [6.07, 6.45) is 5.24. The first-order valence-electron chi connectivity index (χ1n) is 5.26. The van der Waals surface area contributed by atoms with Gasteiger partial charge in [0.15, 0.2) is 0 Å². The van der Waals surface area contributed by atoms with Crippen LogP contribution in [0, 0.1) is 5.92 Å². The van der Waals surface area contributed by atoms with Crippen LogP contribution in [0.1, 0.15) is 53.4 Å². The number of hydrogen-bond acceptors (Lipinski definition) is 1. The van der Waals surface area contributed by atoms with Crippen LogP contribution in [-0.4, -0.2) is 12.7 Å². The van der Waals surface area contributed by atoms with Crippen molar-refractivity contribution in [2.75, 3.05) is 7.11 Å². The Labute approximate surface area is 77.5 Å². The molecule has 0 atom stereocenters. The molecule has 0 heterocycles. The number of hydrogen-bond donors (Lipinski definition) is 0. The third-order valence-corrected chi connectivity index (χ3v) is 2.91. The smallest absolute Gasteiger partial charge is 0.0701 e. The van der Waals surface area contributed by atoms with Crippen molar-refractivity contribution in [3.63, 3.8) is 0 Å². The highest BCUT2D eigenvalue weighted by molar-refractivity contribution is 4.88. The monoisotopic (exact) mass is 172 g/mol. The molecule has 1 nitrogen and oxygen atoms in total. The van der Waals surface area contributed by atoms with Gasteiger partial charge in [0.2, 0.25) is 0 Å². The molecule has 0 saturated heterocycles. The van der Waals surface area contributed by atoms with Crippen LogP contribution in [0.2, 0.25) is 0 Å². The molecule has 0 spiro atoms. The Bertz CT molecular complexity index is 102. The summed E-state index contributed by atoms with van der Waals surface area (Å²) in [5.41, 5.74) is 0.236. The Morgan fingerprint density at radius 1 is 1.08 bits per heavy atom. The molecule has 0 aliphatic heterocycles. The van der Waals surface area contributed by atoms with E-state index in [2.05, 4.69) is 13.8 Å². The quantitative estimate of drug-likeness (QED) is 0.618. The second kappa shape index (κ2) is 5.58. The first-order chi connectivity index (χ1) is 5.71. The van der Waals surface area contributed by atoms with E-state index in [1.54, 1.807) is 0 Å². The van der Waals surface area contributed by atoms with E-state index in [1.807, 2.05) is 21.0 Å². The summed E-state index contributed by atoms with van der Waals surface area (Å²) in [5.74, 6) is 0.681. The summed E-state index contributed by atoms with van der Waals surface area (Å²) < 4.78 is 5.56. The number of methoxy groups -OCH3 is 1. The van der Waals surface area contributed by atoms with E-state index in [1.165, 1.54) is 25.7 Å². The van der Waals surface area contributed by atoms with Crippen LogP contribution in [0.4, 0.5) is 0 Å². The molecular weight excluding hydrogens is 148 g/mol. The van der Waals surface area contributed by atoms with E-state index >= 15 is 0 Å². The highest BCUT2D eigenvalue weighted by Gasteiger charge is 2.36. The molecule has 0 radical (unpaired) electrons. The highest BCUT2D eigenvalue weighted by atomic mass is 16.5. The predicted molar refractivity (Wildman–Crippen MR) is 54.4 cm³/mol. The van der Waals surface area contributed by atoms with E-state index in [0.717, 1.165) is 0 Å². The summed E-state index contributed by atoms with van der Waals surface area (Å²) in [7, 11) is 1.85. The van der Waals surface area contributed by atoms with Gasteiger partial charge in [0, 0.05) is 7.11 Å². The van der Waals surface area contributed by atoms with Gasteiger partial charge in [-0.2, -0.15) is 0 Å². The second-order valence-corrected chi connectivity index (χ2v) is 3.63. The summed E-state index contributed by atoms with van der Waals surface area (Å²) >= 11 is 0. The lowest BCUT2D eigenvalue weighted by Crippen LogP contribution is -2.33. The molecule has 1 fully saturated rings. The molecule has 0 bridgehead atoms. The van der Waals surface area contributed by atoms with Gasteiger partial charge >= 0.3 is 0 Å². The molecule has 12 heavy (non-hydrogen) atoms. The molecule has 1 aliphatic rings. The third kappa shape index (κ3) is 2.48. The number of rotatable bonds is 2. The molecule has 0 amide bonds. The minimum absolute atomic E-state index is 0.236. The van der Waals surface area contributed by atoms with Crippen molar-refractivity contribution in [3.8, 4) is 0 Å². The molecule has 1 rings (SSSR count). The lowest BCUT2D eigenvalue weighted by Gasteiger charge is -2.31. The standard InChI is InChI=1S/C9H18O.C2H6/c1-8(2)9(10-3)6-4-5-7-9;1-2/h8H,4-7H2,1-3H3;1-2H3. The Balaban J connectivity index is 0.000000561. The Hall–Kier alpha value is -0.0400. The molecule has 0 unspecified atom stereocenters. The van der Waals surface area contributed by atoms with Crippen LogP contribution in [0.3, 0.4) is 0 Å². The average Bonchev–Trinajstić information content (AvgIpc) is 2.57. The van der Waals surface area contributed by atoms with E-state index < -0.39 is 0 Å². The minimum atomic E-state index is 0.236. The summed E-state index contributed by atoms with van der Waals surface area (Å²) in [6.45, 7) is 8.52. The molecule has 0 aromatic carbocycles. The van der Waals surface area contributed by atoms with Gasteiger partial charge < -0.3 is 4.74 Å². The topological polar surface area (TPSA) is 9.23 Å². The molecule has 0 aromatic rings. The van der Waals surface area contributed by atoms with Crippen molar-refractivity contribution in [2.24, 2.45) is 5.92 Å². The van der Waals surface area contributed by atoms with Crippen LogP contribution < -0.4 is 0 Å². The molecule has 0 N–H and O–H groups in total. The average molecular weight is 172 g/mol. The van der Waals surface area contributed by atoms with Gasteiger partial charge in [-0.05, 0) is 18.8 Å². The van der Waals surface area contributed by atoms with Crippen LogP contribution in [0.25, 0.3) is 0 Å². The van der Waals surface area contributed by atoms with Gasteiger partial charge in [0.05, 0.1) is 5.60 Å². The van der Waals surface area contributed by atoms with Gasteiger partial charge in [0.1, 0.15) is 0 Å². The van der Waals surface area contributed by atoms with Crippen molar-refractivity contribution >= 4 is 0 Å². The van der Waals surface area contributed by atoms with Crippen LogP contribution in [-0.2, 0) is 4.74 Å². The maximum Gasteiger partial charge on any atom is 0.0701 e. The van der Waals surface area contributed by atoms with Crippen molar-refractivity contribution in [3.05, 3.63) is 0 Å². The maximum atomic E-state index is 5.56. The van der Waals surface area contributed by atoms with Crippen molar-refractivity contribution in [2.45, 2.75) is 59.0 Å². The largest absolute Gasteiger partial charge is 0.378 e. The summed E-state index contributed by atoms with van der Waals surface area (Å²) in [4.78, 5) is 0. The first-order valence-corrected chi connectivity index (χ1v) is 5.26. The van der Waals surface area contributed by atoms with Crippen LogP contribution in [0.5, 0.6) is 0 Å². The van der Waals surface area contributed by atoms with Crippen LogP contribution in [0.15, 0.2) is 0 Å². The first kappa shape index (κ1) is 12.0. The van der Waals surface area contributed by atoms with E-state index in [4.69, 9.17) is 4.74 Å². The minimum Gasteiger partial charge on any atom is -0.378 e. The van der Waals surface area contributed by atoms with Crippen molar-refractivity contribution in [1.82, 2.24) is 0 Å². The normalized spacial score (nSPS) is 20.5. The fraction of sp³-hybridized carbons (Fsp3) is 1.00.